The van der Waals surface area contributed by atoms with Gasteiger partial charge < -0.3 is 0 Å². The SMILES string of the molecule is C=CC(C)C(C)CCCCCCCCCCCCCCCCCCCCCCCCCCCCCCCCCCCC. The molecule has 0 aromatic carbocycles. The maximum absolute atomic E-state index is 3.94. The minimum Gasteiger partial charge on any atom is -0.103 e. The molecule has 0 bridgehead atoms. The smallest absolute Gasteiger partial charge is 0.0239 e. The van der Waals surface area contributed by atoms with Crippen LogP contribution in [-0.2, 0) is 0 Å². The normalized spacial score (nSPS) is 13.0. The molecule has 0 rings (SSSR count). The molecule has 0 aliphatic carbocycles. The highest BCUT2D eigenvalue weighted by Crippen LogP contribution is 2.20. The highest BCUT2D eigenvalue weighted by molar-refractivity contribution is 4.79. The average Bonchev–Trinajstić information content (AvgIpc) is 3.00. The van der Waals surface area contributed by atoms with Crippen LogP contribution in [0.4, 0.5) is 0 Å². The van der Waals surface area contributed by atoms with E-state index in [9.17, 15) is 0 Å². The summed E-state index contributed by atoms with van der Waals surface area (Å²) in [6.45, 7) is 10.9. The zero-order valence-electron chi connectivity index (χ0n) is 30.2. The van der Waals surface area contributed by atoms with E-state index in [1.165, 1.54) is 225 Å². The minimum absolute atomic E-state index is 0.679. The van der Waals surface area contributed by atoms with Crippen molar-refractivity contribution in [1.82, 2.24) is 0 Å². The first kappa shape index (κ1) is 41.7. The summed E-state index contributed by atoms with van der Waals surface area (Å²) in [4.78, 5) is 0. The van der Waals surface area contributed by atoms with Crippen molar-refractivity contribution in [2.24, 2.45) is 11.8 Å². The van der Waals surface area contributed by atoms with Crippen molar-refractivity contribution < 1.29 is 0 Å². The summed E-state index contributed by atoms with van der Waals surface area (Å²) in [5, 5.41) is 0. The second-order valence-electron chi connectivity index (χ2n) is 14.5. The summed E-state index contributed by atoms with van der Waals surface area (Å²) in [6.07, 6.45) is 53.7. The second-order valence-corrected chi connectivity index (χ2v) is 14.5. The molecule has 0 spiro atoms. The summed E-state index contributed by atoms with van der Waals surface area (Å²) < 4.78 is 0. The summed E-state index contributed by atoms with van der Waals surface area (Å²) in [6, 6.07) is 0. The zero-order valence-corrected chi connectivity index (χ0v) is 30.2. The van der Waals surface area contributed by atoms with Gasteiger partial charge in [-0.1, -0.05) is 252 Å². The zero-order chi connectivity index (χ0) is 30.6. The van der Waals surface area contributed by atoms with Gasteiger partial charge in [-0.15, -0.1) is 6.58 Å². The van der Waals surface area contributed by atoms with Gasteiger partial charge in [0.15, 0.2) is 0 Å². The van der Waals surface area contributed by atoms with Crippen molar-refractivity contribution in [2.75, 3.05) is 0 Å². The van der Waals surface area contributed by atoms with Gasteiger partial charge in [-0.05, 0) is 11.8 Å². The molecule has 0 N–H and O–H groups in total. The number of hydrogen-bond acceptors (Lipinski definition) is 0. The van der Waals surface area contributed by atoms with Gasteiger partial charge in [0.2, 0.25) is 0 Å². The predicted octanol–water partition coefficient (Wildman–Crippen LogP) is 16.1. The van der Waals surface area contributed by atoms with Crippen molar-refractivity contribution >= 4 is 0 Å². The van der Waals surface area contributed by atoms with E-state index in [4.69, 9.17) is 0 Å². The monoisotopic (exact) mass is 589 g/mol. The lowest BCUT2D eigenvalue weighted by atomic mass is 9.90. The molecule has 0 aromatic rings. The molecule has 0 saturated heterocycles. The van der Waals surface area contributed by atoms with Gasteiger partial charge in [-0.2, -0.15) is 0 Å². The lowest BCUT2D eigenvalue weighted by Gasteiger charge is -2.15. The third-order valence-electron chi connectivity index (χ3n) is 10.3. The Kier molecular flexibility index (Phi) is 36.7. The first-order valence-electron chi connectivity index (χ1n) is 20.3. The largest absolute Gasteiger partial charge is 0.103 e. The molecule has 0 nitrogen and oxygen atoms in total. The van der Waals surface area contributed by atoms with Crippen LogP contribution in [0.15, 0.2) is 12.7 Å². The first-order valence-corrected chi connectivity index (χ1v) is 20.3. The Balaban J connectivity index is 3.07. The molecule has 0 aliphatic rings. The van der Waals surface area contributed by atoms with Gasteiger partial charge in [0, 0.05) is 0 Å². The van der Waals surface area contributed by atoms with Crippen molar-refractivity contribution in [3.05, 3.63) is 12.7 Å². The standard InChI is InChI=1S/C42H84/c1-5-7-8-9-10-11-12-13-14-15-16-17-18-19-20-21-22-23-24-25-26-27-28-29-30-31-32-33-34-35-36-37-38-39-40-42(4)41(3)6-2/h6,41-42H,2,5,7-40H2,1,3-4H3. The Morgan fingerprint density at radius 3 is 0.714 bits per heavy atom. The van der Waals surface area contributed by atoms with Gasteiger partial charge >= 0.3 is 0 Å². The summed E-state index contributed by atoms with van der Waals surface area (Å²) in [5.74, 6) is 1.49. The molecule has 0 aliphatic heterocycles. The maximum atomic E-state index is 3.94. The van der Waals surface area contributed by atoms with Crippen LogP contribution in [-0.4, -0.2) is 0 Å². The average molecular weight is 589 g/mol. The van der Waals surface area contributed by atoms with Crippen molar-refractivity contribution in [1.29, 1.82) is 0 Å². The van der Waals surface area contributed by atoms with E-state index in [2.05, 4.69) is 33.4 Å². The summed E-state index contributed by atoms with van der Waals surface area (Å²) in [5.41, 5.74) is 0. The van der Waals surface area contributed by atoms with Gasteiger partial charge in [0.1, 0.15) is 0 Å². The fourth-order valence-corrected chi connectivity index (χ4v) is 6.69. The van der Waals surface area contributed by atoms with E-state index in [0.717, 1.165) is 5.92 Å². The van der Waals surface area contributed by atoms with Crippen LogP contribution in [0.1, 0.15) is 245 Å². The van der Waals surface area contributed by atoms with Crippen LogP contribution in [0.3, 0.4) is 0 Å². The van der Waals surface area contributed by atoms with Crippen LogP contribution in [0, 0.1) is 11.8 Å². The van der Waals surface area contributed by atoms with Gasteiger partial charge in [-0.3, -0.25) is 0 Å². The Labute approximate surface area is 269 Å². The third kappa shape index (κ3) is 34.2. The molecule has 2 atom stereocenters. The van der Waals surface area contributed by atoms with E-state index in [1.54, 1.807) is 0 Å². The molecule has 0 saturated carbocycles. The lowest BCUT2D eigenvalue weighted by Crippen LogP contribution is -2.04. The van der Waals surface area contributed by atoms with E-state index in [1.807, 2.05) is 0 Å². The molecule has 0 fully saturated rings. The second kappa shape index (κ2) is 36.9. The van der Waals surface area contributed by atoms with Crippen LogP contribution < -0.4 is 0 Å². The van der Waals surface area contributed by atoms with E-state index >= 15 is 0 Å². The number of allylic oxidation sites excluding steroid dienone is 1. The van der Waals surface area contributed by atoms with E-state index in [-0.39, 0.29) is 0 Å². The van der Waals surface area contributed by atoms with Crippen LogP contribution in [0.2, 0.25) is 0 Å². The molecular formula is C42H84. The molecule has 0 heteroatoms. The van der Waals surface area contributed by atoms with Gasteiger partial charge in [-0.25, -0.2) is 0 Å². The molecule has 252 valence electrons. The first-order chi connectivity index (χ1) is 20.7. The number of hydrogen-bond donors (Lipinski definition) is 0. The number of unbranched alkanes of at least 4 members (excludes halogenated alkanes) is 33. The van der Waals surface area contributed by atoms with Crippen molar-refractivity contribution in [3.63, 3.8) is 0 Å². The molecule has 42 heavy (non-hydrogen) atoms. The van der Waals surface area contributed by atoms with Crippen LogP contribution >= 0.6 is 0 Å². The van der Waals surface area contributed by atoms with Crippen LogP contribution in [0.5, 0.6) is 0 Å². The van der Waals surface area contributed by atoms with E-state index < -0.39 is 0 Å². The molecule has 0 aromatic heterocycles. The highest BCUT2D eigenvalue weighted by atomic mass is 14.1. The lowest BCUT2D eigenvalue weighted by molar-refractivity contribution is 0.404. The Bertz CT molecular complexity index is 478. The fourth-order valence-electron chi connectivity index (χ4n) is 6.69. The predicted molar refractivity (Wildman–Crippen MR) is 196 cm³/mol. The van der Waals surface area contributed by atoms with Crippen molar-refractivity contribution in [2.45, 2.75) is 245 Å². The molecule has 2 unspecified atom stereocenters. The van der Waals surface area contributed by atoms with Crippen molar-refractivity contribution in [3.8, 4) is 0 Å². The summed E-state index contributed by atoms with van der Waals surface area (Å²) >= 11 is 0. The molecular weight excluding hydrogens is 504 g/mol. The summed E-state index contributed by atoms with van der Waals surface area (Å²) in [7, 11) is 0. The maximum Gasteiger partial charge on any atom is -0.0239 e. The minimum atomic E-state index is 0.679. The van der Waals surface area contributed by atoms with Gasteiger partial charge in [0.05, 0.1) is 0 Å². The quantitative estimate of drug-likeness (QED) is 0.0500. The van der Waals surface area contributed by atoms with Gasteiger partial charge in [0.25, 0.3) is 0 Å². The topological polar surface area (TPSA) is 0 Å². The Hall–Kier alpha value is -0.260. The number of rotatable bonds is 37. The molecule has 0 amide bonds. The highest BCUT2D eigenvalue weighted by Gasteiger charge is 2.07. The fraction of sp³-hybridized carbons (Fsp3) is 0.952. The molecule has 0 radical (unpaired) electrons. The van der Waals surface area contributed by atoms with E-state index in [0.29, 0.717) is 5.92 Å². The Morgan fingerprint density at radius 1 is 0.333 bits per heavy atom. The van der Waals surface area contributed by atoms with Crippen LogP contribution in [0.25, 0.3) is 0 Å². The third-order valence-corrected chi connectivity index (χ3v) is 10.3. The Morgan fingerprint density at radius 2 is 0.524 bits per heavy atom. The molecule has 0 heterocycles.